The second-order valence-corrected chi connectivity index (χ2v) is 5.53. The highest BCUT2D eigenvalue weighted by molar-refractivity contribution is 7.98. The van der Waals surface area contributed by atoms with Crippen LogP contribution in [-0.2, 0) is 5.75 Å². The maximum absolute atomic E-state index is 5.70. The molecule has 4 heteroatoms. The first-order chi connectivity index (χ1) is 8.65. The molecule has 0 aliphatic carbocycles. The Balaban J connectivity index is 1.99. The molecule has 0 spiro atoms. The second-order valence-electron chi connectivity index (χ2n) is 4.50. The molecule has 0 saturated heterocycles. The molecule has 1 heterocycles. The Morgan fingerprint density at radius 2 is 2.06 bits per heavy atom. The highest BCUT2D eigenvalue weighted by atomic mass is 32.2. The molecule has 2 N–H and O–H groups in total. The second kappa shape index (κ2) is 6.07. The first kappa shape index (κ1) is 13.2. The minimum atomic E-state index is 0.221. The molecule has 0 saturated carbocycles. The van der Waals surface area contributed by atoms with Crippen LogP contribution in [0.1, 0.15) is 18.2 Å². The van der Waals surface area contributed by atoms with Crippen molar-refractivity contribution in [1.82, 2.24) is 4.98 Å². The van der Waals surface area contributed by atoms with Crippen molar-refractivity contribution in [2.75, 3.05) is 5.75 Å². The highest BCUT2D eigenvalue weighted by Crippen LogP contribution is 2.21. The molecule has 1 atom stereocenters. The standard InChI is InChI=1S/C14H18N2OS/c1-10-3-5-12(6-4-10)14-16-13(7-17-14)9-18-8-11(2)15/h3-7,11H,8-9,15H2,1-2H3. The molecule has 1 unspecified atom stereocenters. The maximum Gasteiger partial charge on any atom is 0.226 e. The lowest BCUT2D eigenvalue weighted by Gasteiger charge is -2.01. The number of benzene rings is 1. The molecule has 0 aliphatic heterocycles. The van der Waals surface area contributed by atoms with Gasteiger partial charge in [0.2, 0.25) is 5.89 Å². The van der Waals surface area contributed by atoms with Gasteiger partial charge < -0.3 is 10.2 Å². The van der Waals surface area contributed by atoms with E-state index in [-0.39, 0.29) is 6.04 Å². The minimum Gasteiger partial charge on any atom is -0.444 e. The Morgan fingerprint density at radius 1 is 1.33 bits per heavy atom. The molecule has 2 aromatic rings. The largest absolute Gasteiger partial charge is 0.444 e. The van der Waals surface area contributed by atoms with E-state index in [1.54, 1.807) is 18.0 Å². The zero-order valence-electron chi connectivity index (χ0n) is 10.7. The Hall–Kier alpha value is -1.26. The third-order valence-corrected chi connectivity index (χ3v) is 3.74. The fraction of sp³-hybridized carbons (Fsp3) is 0.357. The van der Waals surface area contributed by atoms with Crippen LogP contribution in [-0.4, -0.2) is 16.8 Å². The van der Waals surface area contributed by atoms with Crippen LogP contribution in [0.4, 0.5) is 0 Å². The van der Waals surface area contributed by atoms with E-state index >= 15 is 0 Å². The van der Waals surface area contributed by atoms with E-state index in [1.807, 2.05) is 19.1 Å². The van der Waals surface area contributed by atoms with Gasteiger partial charge in [-0.3, -0.25) is 0 Å². The van der Waals surface area contributed by atoms with Crippen molar-refractivity contribution in [1.29, 1.82) is 0 Å². The number of nitrogens with zero attached hydrogens (tertiary/aromatic N) is 1. The van der Waals surface area contributed by atoms with Crippen molar-refractivity contribution in [2.24, 2.45) is 5.73 Å². The number of thioether (sulfide) groups is 1. The number of oxazole rings is 1. The molecule has 0 aliphatic rings. The molecular weight excluding hydrogens is 244 g/mol. The summed E-state index contributed by atoms with van der Waals surface area (Å²) >= 11 is 1.78. The topological polar surface area (TPSA) is 52.0 Å². The summed E-state index contributed by atoms with van der Waals surface area (Å²) in [4.78, 5) is 4.48. The predicted octanol–water partition coefficient (Wildman–Crippen LogP) is 3.23. The molecule has 0 bridgehead atoms. The Labute approximate surface area is 112 Å². The molecular formula is C14H18N2OS. The molecule has 0 amide bonds. The monoisotopic (exact) mass is 262 g/mol. The van der Waals surface area contributed by atoms with E-state index in [4.69, 9.17) is 10.2 Å². The van der Waals surface area contributed by atoms with Crippen LogP contribution in [0.5, 0.6) is 0 Å². The molecule has 1 aromatic heterocycles. The highest BCUT2D eigenvalue weighted by Gasteiger charge is 2.06. The molecule has 96 valence electrons. The van der Waals surface area contributed by atoms with Crippen LogP contribution in [0.3, 0.4) is 0 Å². The number of hydrogen-bond donors (Lipinski definition) is 1. The van der Waals surface area contributed by atoms with Gasteiger partial charge in [0.05, 0.1) is 5.69 Å². The van der Waals surface area contributed by atoms with Gasteiger partial charge in [-0.1, -0.05) is 17.7 Å². The van der Waals surface area contributed by atoms with Gasteiger partial charge in [-0.05, 0) is 26.0 Å². The van der Waals surface area contributed by atoms with Gasteiger partial charge >= 0.3 is 0 Å². The van der Waals surface area contributed by atoms with Crippen LogP contribution < -0.4 is 5.73 Å². The first-order valence-electron chi connectivity index (χ1n) is 6.00. The number of aromatic nitrogens is 1. The van der Waals surface area contributed by atoms with Crippen LogP contribution in [0.15, 0.2) is 34.9 Å². The van der Waals surface area contributed by atoms with Crippen molar-refractivity contribution >= 4 is 11.8 Å². The quantitative estimate of drug-likeness (QED) is 0.898. The summed E-state index contributed by atoms with van der Waals surface area (Å²) in [5.41, 5.74) is 8.92. The Kier molecular flexibility index (Phi) is 4.44. The SMILES string of the molecule is Cc1ccc(-c2nc(CSCC(C)N)co2)cc1. The van der Waals surface area contributed by atoms with Crippen molar-refractivity contribution in [2.45, 2.75) is 25.6 Å². The molecule has 18 heavy (non-hydrogen) atoms. The number of hydrogen-bond acceptors (Lipinski definition) is 4. The van der Waals surface area contributed by atoms with Crippen molar-refractivity contribution < 1.29 is 4.42 Å². The van der Waals surface area contributed by atoms with Gasteiger partial charge in [-0.2, -0.15) is 11.8 Å². The lowest BCUT2D eigenvalue weighted by atomic mass is 10.1. The van der Waals surface area contributed by atoms with Gasteiger partial charge in [0, 0.05) is 23.1 Å². The fourth-order valence-electron chi connectivity index (χ4n) is 1.55. The summed E-state index contributed by atoms with van der Waals surface area (Å²) in [6.45, 7) is 4.07. The van der Waals surface area contributed by atoms with E-state index in [2.05, 4.69) is 24.0 Å². The summed E-state index contributed by atoms with van der Waals surface area (Å²) in [5, 5.41) is 0. The van der Waals surface area contributed by atoms with Gasteiger partial charge in [0.1, 0.15) is 6.26 Å². The number of nitrogens with two attached hydrogens (primary N) is 1. The summed E-state index contributed by atoms with van der Waals surface area (Å²) in [5.74, 6) is 2.47. The van der Waals surface area contributed by atoms with Gasteiger partial charge in [-0.25, -0.2) is 4.98 Å². The maximum atomic E-state index is 5.70. The average Bonchev–Trinajstić information content (AvgIpc) is 2.78. The zero-order valence-corrected chi connectivity index (χ0v) is 11.5. The molecule has 0 fully saturated rings. The van der Waals surface area contributed by atoms with Crippen molar-refractivity contribution in [3.05, 3.63) is 41.8 Å². The molecule has 1 aromatic carbocycles. The zero-order chi connectivity index (χ0) is 13.0. The smallest absolute Gasteiger partial charge is 0.226 e. The normalized spacial score (nSPS) is 12.6. The first-order valence-corrected chi connectivity index (χ1v) is 7.15. The van der Waals surface area contributed by atoms with Crippen LogP contribution in [0.25, 0.3) is 11.5 Å². The van der Waals surface area contributed by atoms with Crippen molar-refractivity contribution in [3.8, 4) is 11.5 Å². The average molecular weight is 262 g/mol. The third-order valence-electron chi connectivity index (χ3n) is 2.48. The van der Waals surface area contributed by atoms with E-state index < -0.39 is 0 Å². The minimum absolute atomic E-state index is 0.221. The van der Waals surface area contributed by atoms with Crippen LogP contribution in [0.2, 0.25) is 0 Å². The van der Waals surface area contributed by atoms with Crippen molar-refractivity contribution in [3.63, 3.8) is 0 Å². The molecule has 2 rings (SSSR count). The Bertz CT molecular complexity index is 491. The number of aryl methyl sites for hydroxylation is 1. The van der Waals surface area contributed by atoms with E-state index in [1.165, 1.54) is 5.56 Å². The molecule has 0 radical (unpaired) electrons. The van der Waals surface area contributed by atoms with Gasteiger partial charge in [-0.15, -0.1) is 0 Å². The van der Waals surface area contributed by atoms with Gasteiger partial charge in [0.25, 0.3) is 0 Å². The molecule has 3 nitrogen and oxygen atoms in total. The van der Waals surface area contributed by atoms with E-state index in [0.29, 0.717) is 5.89 Å². The summed E-state index contributed by atoms with van der Waals surface area (Å²) in [6.07, 6.45) is 1.73. The summed E-state index contributed by atoms with van der Waals surface area (Å²) in [6, 6.07) is 8.40. The summed E-state index contributed by atoms with van der Waals surface area (Å²) in [7, 11) is 0. The van der Waals surface area contributed by atoms with E-state index in [9.17, 15) is 0 Å². The fourth-order valence-corrected chi connectivity index (χ4v) is 2.38. The Morgan fingerprint density at radius 3 is 2.72 bits per heavy atom. The summed E-state index contributed by atoms with van der Waals surface area (Å²) < 4.78 is 5.49. The third kappa shape index (κ3) is 3.62. The van der Waals surface area contributed by atoms with Crippen LogP contribution in [0, 0.1) is 6.92 Å². The number of rotatable bonds is 5. The lowest BCUT2D eigenvalue weighted by Crippen LogP contribution is -2.17. The van der Waals surface area contributed by atoms with Gasteiger partial charge in [0.15, 0.2) is 0 Å². The van der Waals surface area contributed by atoms with E-state index in [0.717, 1.165) is 22.8 Å². The van der Waals surface area contributed by atoms with Crippen LogP contribution >= 0.6 is 11.8 Å². The lowest BCUT2D eigenvalue weighted by molar-refractivity contribution is 0.573. The predicted molar refractivity (Wildman–Crippen MR) is 76.5 cm³/mol.